The number of rotatable bonds is 7. The average molecular weight is 385 g/mol. The van der Waals surface area contributed by atoms with Gasteiger partial charge in [-0.3, -0.25) is 9.69 Å². The summed E-state index contributed by atoms with van der Waals surface area (Å²) in [6.07, 6.45) is 0. The number of carbonyl (C=O) groups is 1. The zero-order valence-electron chi connectivity index (χ0n) is 16.1. The van der Waals surface area contributed by atoms with Crippen LogP contribution in [0.15, 0.2) is 53.4 Å². The van der Waals surface area contributed by atoms with Crippen LogP contribution >= 0.6 is 11.8 Å². The molecule has 0 spiro atoms. The van der Waals surface area contributed by atoms with Crippen molar-refractivity contribution in [3.63, 3.8) is 0 Å². The molecular weight excluding hydrogens is 356 g/mol. The first-order chi connectivity index (χ1) is 13.1. The normalized spacial score (nSPS) is 15.1. The Labute approximate surface area is 166 Å². The molecule has 1 heterocycles. The van der Waals surface area contributed by atoms with Gasteiger partial charge in [0.2, 0.25) is 0 Å². The van der Waals surface area contributed by atoms with Crippen LogP contribution in [-0.4, -0.2) is 42.4 Å². The van der Waals surface area contributed by atoms with Crippen LogP contribution in [0.4, 0.5) is 0 Å². The van der Waals surface area contributed by atoms with Crippen molar-refractivity contribution in [2.45, 2.75) is 37.1 Å². The van der Waals surface area contributed by atoms with Crippen molar-refractivity contribution < 1.29 is 9.53 Å². The molecule has 1 aliphatic rings. The van der Waals surface area contributed by atoms with E-state index in [1.807, 2.05) is 30.3 Å². The quantitative estimate of drug-likeness (QED) is 0.734. The van der Waals surface area contributed by atoms with Gasteiger partial charge in [-0.2, -0.15) is 0 Å². The number of hydrogen-bond acceptors (Lipinski definition) is 4. The SMILES string of the molecule is CC(C)Sc1ccc(C(=O)NCc2ccccc2CN2CCOCC2)cc1. The predicted octanol–water partition coefficient (Wildman–Crippen LogP) is 3.95. The highest BCUT2D eigenvalue weighted by Gasteiger charge is 2.13. The summed E-state index contributed by atoms with van der Waals surface area (Å²) in [4.78, 5) is 16.1. The molecule has 3 rings (SSSR count). The van der Waals surface area contributed by atoms with Gasteiger partial charge in [0.1, 0.15) is 0 Å². The summed E-state index contributed by atoms with van der Waals surface area (Å²) in [5, 5.41) is 3.60. The highest BCUT2D eigenvalue weighted by atomic mass is 32.2. The number of nitrogens with one attached hydrogen (secondary N) is 1. The number of morpholine rings is 1. The highest BCUT2D eigenvalue weighted by Crippen LogP contribution is 2.23. The number of nitrogens with zero attached hydrogens (tertiary/aromatic N) is 1. The number of ether oxygens (including phenoxy) is 1. The third-order valence-electron chi connectivity index (χ3n) is 4.54. The van der Waals surface area contributed by atoms with Gasteiger partial charge in [0, 0.05) is 41.9 Å². The summed E-state index contributed by atoms with van der Waals surface area (Å²) in [7, 11) is 0. The van der Waals surface area contributed by atoms with Gasteiger partial charge in [-0.1, -0.05) is 38.1 Å². The molecule has 1 N–H and O–H groups in total. The standard InChI is InChI=1S/C22H28N2O2S/c1-17(2)27-21-9-7-18(8-10-21)22(25)23-15-19-5-3-4-6-20(19)16-24-11-13-26-14-12-24/h3-10,17H,11-16H2,1-2H3,(H,23,25). The Bertz CT molecular complexity index is 740. The number of carbonyl (C=O) groups excluding carboxylic acids is 1. The molecule has 1 amide bonds. The maximum Gasteiger partial charge on any atom is 0.251 e. The van der Waals surface area contributed by atoms with Gasteiger partial charge in [0.25, 0.3) is 5.91 Å². The first-order valence-corrected chi connectivity index (χ1v) is 10.4. The van der Waals surface area contributed by atoms with Crippen molar-refractivity contribution >= 4 is 17.7 Å². The fraction of sp³-hybridized carbons (Fsp3) is 0.409. The van der Waals surface area contributed by atoms with Gasteiger partial charge in [-0.15, -0.1) is 11.8 Å². The molecule has 144 valence electrons. The lowest BCUT2D eigenvalue weighted by Crippen LogP contribution is -2.36. The lowest BCUT2D eigenvalue weighted by Gasteiger charge is -2.27. The molecule has 0 saturated carbocycles. The Hall–Kier alpha value is -1.82. The Balaban J connectivity index is 1.58. The molecule has 0 atom stereocenters. The van der Waals surface area contributed by atoms with Gasteiger partial charge in [0.05, 0.1) is 13.2 Å². The molecule has 2 aromatic carbocycles. The van der Waals surface area contributed by atoms with Crippen molar-refractivity contribution in [1.29, 1.82) is 0 Å². The first kappa shape index (κ1) is 19.9. The molecule has 1 saturated heterocycles. The molecule has 5 heteroatoms. The topological polar surface area (TPSA) is 41.6 Å². The van der Waals surface area contributed by atoms with E-state index in [0.29, 0.717) is 17.4 Å². The second kappa shape index (κ2) is 9.93. The highest BCUT2D eigenvalue weighted by molar-refractivity contribution is 7.99. The van der Waals surface area contributed by atoms with Gasteiger partial charge in [-0.25, -0.2) is 0 Å². The summed E-state index contributed by atoms with van der Waals surface area (Å²) < 4.78 is 5.42. The largest absolute Gasteiger partial charge is 0.379 e. The lowest BCUT2D eigenvalue weighted by molar-refractivity contribution is 0.0340. The van der Waals surface area contributed by atoms with Gasteiger partial charge in [0.15, 0.2) is 0 Å². The number of amides is 1. The van der Waals surface area contributed by atoms with Gasteiger partial charge in [-0.05, 0) is 35.4 Å². The third-order valence-corrected chi connectivity index (χ3v) is 5.56. The second-order valence-electron chi connectivity index (χ2n) is 7.03. The van der Waals surface area contributed by atoms with Crippen LogP contribution in [0.25, 0.3) is 0 Å². The molecule has 0 aromatic heterocycles. The van der Waals surface area contributed by atoms with E-state index in [9.17, 15) is 4.79 Å². The van der Waals surface area contributed by atoms with Gasteiger partial charge >= 0.3 is 0 Å². The van der Waals surface area contributed by atoms with Crippen LogP contribution in [0.1, 0.15) is 35.3 Å². The summed E-state index contributed by atoms with van der Waals surface area (Å²) in [5.41, 5.74) is 3.14. The van der Waals surface area contributed by atoms with Crippen molar-refractivity contribution in [3.8, 4) is 0 Å². The summed E-state index contributed by atoms with van der Waals surface area (Å²) >= 11 is 1.80. The smallest absolute Gasteiger partial charge is 0.251 e. The Kier molecular flexibility index (Phi) is 7.33. The fourth-order valence-electron chi connectivity index (χ4n) is 3.12. The molecule has 0 unspecified atom stereocenters. The van der Waals surface area contributed by atoms with Crippen LogP contribution in [0.2, 0.25) is 0 Å². The van der Waals surface area contributed by atoms with Crippen LogP contribution < -0.4 is 5.32 Å². The van der Waals surface area contributed by atoms with Crippen molar-refractivity contribution in [3.05, 3.63) is 65.2 Å². The Morgan fingerprint density at radius 1 is 1.07 bits per heavy atom. The van der Waals surface area contributed by atoms with E-state index in [1.54, 1.807) is 11.8 Å². The fourth-order valence-corrected chi connectivity index (χ4v) is 3.96. The van der Waals surface area contributed by atoms with E-state index >= 15 is 0 Å². The van der Waals surface area contributed by atoms with E-state index in [1.165, 1.54) is 16.0 Å². The maximum absolute atomic E-state index is 12.5. The lowest BCUT2D eigenvalue weighted by atomic mass is 10.1. The van der Waals surface area contributed by atoms with E-state index in [4.69, 9.17) is 4.74 Å². The summed E-state index contributed by atoms with van der Waals surface area (Å²) in [6.45, 7) is 9.29. The molecule has 0 radical (unpaired) electrons. The summed E-state index contributed by atoms with van der Waals surface area (Å²) in [5.74, 6) is -0.0303. The van der Waals surface area contributed by atoms with Crippen LogP contribution in [0, 0.1) is 0 Å². The number of hydrogen-bond donors (Lipinski definition) is 1. The van der Waals surface area contributed by atoms with Crippen LogP contribution in [0.3, 0.4) is 0 Å². The molecule has 0 aliphatic carbocycles. The molecule has 4 nitrogen and oxygen atoms in total. The van der Waals surface area contributed by atoms with Crippen molar-refractivity contribution in [2.75, 3.05) is 26.3 Å². The third kappa shape index (κ3) is 6.09. The van der Waals surface area contributed by atoms with E-state index < -0.39 is 0 Å². The van der Waals surface area contributed by atoms with E-state index in [0.717, 1.165) is 32.8 Å². The van der Waals surface area contributed by atoms with E-state index in [2.05, 4.69) is 42.3 Å². The molecule has 1 aliphatic heterocycles. The summed E-state index contributed by atoms with van der Waals surface area (Å²) in [6, 6.07) is 16.2. The Morgan fingerprint density at radius 3 is 2.41 bits per heavy atom. The zero-order chi connectivity index (χ0) is 19.1. The van der Waals surface area contributed by atoms with Crippen LogP contribution in [-0.2, 0) is 17.8 Å². The average Bonchev–Trinajstić information content (AvgIpc) is 2.68. The minimum absolute atomic E-state index is 0.0303. The van der Waals surface area contributed by atoms with E-state index in [-0.39, 0.29) is 5.91 Å². The number of thioether (sulfide) groups is 1. The minimum Gasteiger partial charge on any atom is -0.379 e. The first-order valence-electron chi connectivity index (χ1n) is 9.53. The molecule has 0 bridgehead atoms. The Morgan fingerprint density at radius 2 is 1.74 bits per heavy atom. The minimum atomic E-state index is -0.0303. The molecular formula is C22H28N2O2S. The zero-order valence-corrected chi connectivity index (χ0v) is 16.9. The predicted molar refractivity (Wildman–Crippen MR) is 111 cm³/mol. The maximum atomic E-state index is 12.5. The monoisotopic (exact) mass is 384 g/mol. The van der Waals surface area contributed by atoms with Gasteiger partial charge < -0.3 is 10.1 Å². The number of benzene rings is 2. The van der Waals surface area contributed by atoms with Crippen molar-refractivity contribution in [2.24, 2.45) is 0 Å². The molecule has 27 heavy (non-hydrogen) atoms. The second-order valence-corrected chi connectivity index (χ2v) is 8.68. The molecule has 1 fully saturated rings. The van der Waals surface area contributed by atoms with Crippen LogP contribution in [0.5, 0.6) is 0 Å². The molecule has 2 aromatic rings. The van der Waals surface area contributed by atoms with Crippen molar-refractivity contribution in [1.82, 2.24) is 10.2 Å².